The van der Waals surface area contributed by atoms with Crippen LogP contribution in [0.15, 0.2) is 54.6 Å². The maximum atomic E-state index is 12.8. The Morgan fingerprint density at radius 3 is 2.41 bits per heavy atom. The summed E-state index contributed by atoms with van der Waals surface area (Å²) in [6, 6.07) is 16.2. The number of nitrogens with zero attached hydrogens (tertiary/aromatic N) is 1. The van der Waals surface area contributed by atoms with Crippen LogP contribution >= 0.6 is 0 Å². The number of para-hydroxylation sites is 1. The van der Waals surface area contributed by atoms with Crippen molar-refractivity contribution in [2.75, 3.05) is 18.0 Å². The van der Waals surface area contributed by atoms with E-state index in [1.54, 1.807) is 12.1 Å². The van der Waals surface area contributed by atoms with E-state index >= 15 is 0 Å². The van der Waals surface area contributed by atoms with Gasteiger partial charge in [0.1, 0.15) is 5.82 Å². The summed E-state index contributed by atoms with van der Waals surface area (Å²) in [5.41, 5.74) is 2.02. The van der Waals surface area contributed by atoms with E-state index in [0.29, 0.717) is 19.5 Å². The minimum atomic E-state index is -0.267. The van der Waals surface area contributed by atoms with E-state index in [1.807, 2.05) is 30.3 Å². The summed E-state index contributed by atoms with van der Waals surface area (Å²) in [6.45, 7) is 4.03. The highest BCUT2D eigenvalue weighted by Crippen LogP contribution is 2.12. The molecule has 0 aliphatic rings. The molecule has 0 saturated carbocycles. The number of carbonyl (C=O) groups is 1. The molecular formula is C18H21FN2O. The predicted molar refractivity (Wildman–Crippen MR) is 87.2 cm³/mol. The van der Waals surface area contributed by atoms with Crippen molar-refractivity contribution in [1.29, 1.82) is 0 Å². The summed E-state index contributed by atoms with van der Waals surface area (Å²) < 4.78 is 12.8. The van der Waals surface area contributed by atoms with Crippen LogP contribution in [0.25, 0.3) is 0 Å². The molecule has 0 bridgehead atoms. The van der Waals surface area contributed by atoms with E-state index in [2.05, 4.69) is 17.1 Å². The number of nitrogens with one attached hydrogen (secondary N) is 1. The topological polar surface area (TPSA) is 32.3 Å². The monoisotopic (exact) mass is 300 g/mol. The Labute approximate surface area is 130 Å². The summed E-state index contributed by atoms with van der Waals surface area (Å²) >= 11 is 0. The molecule has 2 rings (SSSR count). The summed E-state index contributed by atoms with van der Waals surface area (Å²) in [6.07, 6.45) is 0.434. The zero-order valence-corrected chi connectivity index (χ0v) is 12.8. The molecular weight excluding hydrogens is 279 g/mol. The van der Waals surface area contributed by atoms with Crippen LogP contribution in [0, 0.1) is 5.82 Å². The maximum absolute atomic E-state index is 12.8. The van der Waals surface area contributed by atoms with Gasteiger partial charge in [0.15, 0.2) is 0 Å². The smallest absolute Gasteiger partial charge is 0.222 e. The normalized spacial score (nSPS) is 10.3. The van der Waals surface area contributed by atoms with Crippen LogP contribution in [-0.2, 0) is 11.3 Å². The number of anilines is 1. The molecule has 0 aromatic heterocycles. The fourth-order valence-electron chi connectivity index (χ4n) is 2.24. The van der Waals surface area contributed by atoms with Crippen LogP contribution < -0.4 is 10.2 Å². The van der Waals surface area contributed by atoms with Crippen molar-refractivity contribution in [1.82, 2.24) is 5.32 Å². The van der Waals surface area contributed by atoms with Crippen molar-refractivity contribution in [3.05, 3.63) is 66.0 Å². The van der Waals surface area contributed by atoms with Gasteiger partial charge < -0.3 is 10.2 Å². The van der Waals surface area contributed by atoms with E-state index in [1.165, 1.54) is 12.1 Å². The summed E-state index contributed by atoms with van der Waals surface area (Å²) in [5, 5.41) is 2.86. The SMILES string of the molecule is CCN(CCC(=O)NCc1ccc(F)cc1)c1ccccc1. The number of carbonyl (C=O) groups excluding carboxylic acids is 1. The molecule has 1 N–H and O–H groups in total. The quantitative estimate of drug-likeness (QED) is 0.850. The minimum Gasteiger partial charge on any atom is -0.371 e. The van der Waals surface area contributed by atoms with Gasteiger partial charge in [-0.2, -0.15) is 0 Å². The molecule has 0 fully saturated rings. The lowest BCUT2D eigenvalue weighted by atomic mass is 10.2. The van der Waals surface area contributed by atoms with E-state index in [9.17, 15) is 9.18 Å². The van der Waals surface area contributed by atoms with Gasteiger partial charge >= 0.3 is 0 Å². The zero-order chi connectivity index (χ0) is 15.8. The minimum absolute atomic E-state index is 0.00120. The molecule has 0 aliphatic carbocycles. The van der Waals surface area contributed by atoms with Crippen molar-refractivity contribution in [3.63, 3.8) is 0 Å². The number of halogens is 1. The number of hydrogen-bond acceptors (Lipinski definition) is 2. The second-order valence-electron chi connectivity index (χ2n) is 5.07. The van der Waals surface area contributed by atoms with Crippen molar-refractivity contribution >= 4 is 11.6 Å². The molecule has 0 aliphatic heterocycles. The lowest BCUT2D eigenvalue weighted by Crippen LogP contribution is -2.30. The highest BCUT2D eigenvalue weighted by molar-refractivity contribution is 5.76. The average Bonchev–Trinajstić information content (AvgIpc) is 2.56. The van der Waals surface area contributed by atoms with E-state index in [-0.39, 0.29) is 11.7 Å². The third-order valence-corrected chi connectivity index (χ3v) is 3.51. The Morgan fingerprint density at radius 1 is 1.09 bits per heavy atom. The Balaban J connectivity index is 1.78. The Kier molecular flexibility index (Phi) is 5.95. The molecule has 2 aromatic rings. The third-order valence-electron chi connectivity index (χ3n) is 3.51. The molecule has 0 unspecified atom stereocenters. The number of benzene rings is 2. The van der Waals surface area contributed by atoms with Crippen LogP contribution in [0.2, 0.25) is 0 Å². The molecule has 0 radical (unpaired) electrons. The molecule has 2 aromatic carbocycles. The van der Waals surface area contributed by atoms with Crippen LogP contribution in [0.1, 0.15) is 18.9 Å². The first kappa shape index (κ1) is 16.0. The van der Waals surface area contributed by atoms with Gasteiger partial charge in [-0.3, -0.25) is 4.79 Å². The van der Waals surface area contributed by atoms with Gasteiger partial charge in [-0.05, 0) is 36.8 Å². The molecule has 116 valence electrons. The van der Waals surface area contributed by atoms with Gasteiger partial charge in [0, 0.05) is 31.7 Å². The molecule has 1 amide bonds. The van der Waals surface area contributed by atoms with E-state index < -0.39 is 0 Å². The molecule has 0 spiro atoms. The molecule has 22 heavy (non-hydrogen) atoms. The summed E-state index contributed by atoms with van der Waals surface area (Å²) in [4.78, 5) is 14.1. The van der Waals surface area contributed by atoms with E-state index in [0.717, 1.165) is 17.8 Å². The second-order valence-corrected chi connectivity index (χ2v) is 5.07. The lowest BCUT2D eigenvalue weighted by Gasteiger charge is -2.22. The first-order valence-electron chi connectivity index (χ1n) is 7.50. The van der Waals surface area contributed by atoms with Crippen molar-refractivity contribution < 1.29 is 9.18 Å². The lowest BCUT2D eigenvalue weighted by molar-refractivity contribution is -0.121. The van der Waals surface area contributed by atoms with Gasteiger partial charge in [-0.15, -0.1) is 0 Å². The van der Waals surface area contributed by atoms with Gasteiger partial charge in [-0.1, -0.05) is 30.3 Å². The van der Waals surface area contributed by atoms with Gasteiger partial charge in [0.2, 0.25) is 5.91 Å². The highest BCUT2D eigenvalue weighted by atomic mass is 19.1. The van der Waals surface area contributed by atoms with Crippen molar-refractivity contribution in [2.45, 2.75) is 19.9 Å². The van der Waals surface area contributed by atoms with Crippen LogP contribution in [0.3, 0.4) is 0 Å². The van der Waals surface area contributed by atoms with Crippen molar-refractivity contribution in [3.8, 4) is 0 Å². The zero-order valence-electron chi connectivity index (χ0n) is 12.8. The number of hydrogen-bond donors (Lipinski definition) is 1. The van der Waals surface area contributed by atoms with Gasteiger partial charge in [0.05, 0.1) is 0 Å². The third kappa shape index (κ3) is 4.88. The number of amides is 1. The predicted octanol–water partition coefficient (Wildman–Crippen LogP) is 3.36. The number of rotatable bonds is 7. The molecule has 0 atom stereocenters. The van der Waals surface area contributed by atoms with Crippen molar-refractivity contribution in [2.24, 2.45) is 0 Å². The Bertz CT molecular complexity index is 584. The maximum Gasteiger partial charge on any atom is 0.222 e. The Morgan fingerprint density at radius 2 is 1.77 bits per heavy atom. The molecule has 0 saturated heterocycles. The molecule has 0 heterocycles. The Hall–Kier alpha value is -2.36. The highest BCUT2D eigenvalue weighted by Gasteiger charge is 2.07. The first-order valence-corrected chi connectivity index (χ1v) is 7.50. The largest absolute Gasteiger partial charge is 0.371 e. The molecule has 4 heteroatoms. The van der Waals surface area contributed by atoms with Gasteiger partial charge in [0.25, 0.3) is 0 Å². The molecule has 3 nitrogen and oxygen atoms in total. The van der Waals surface area contributed by atoms with Gasteiger partial charge in [-0.25, -0.2) is 4.39 Å². The fraction of sp³-hybridized carbons (Fsp3) is 0.278. The fourth-order valence-corrected chi connectivity index (χ4v) is 2.24. The average molecular weight is 300 g/mol. The van der Waals surface area contributed by atoms with E-state index in [4.69, 9.17) is 0 Å². The van der Waals surface area contributed by atoms with Crippen LogP contribution in [0.4, 0.5) is 10.1 Å². The summed E-state index contributed by atoms with van der Waals surface area (Å²) in [5.74, 6) is -0.268. The first-order chi connectivity index (χ1) is 10.7. The summed E-state index contributed by atoms with van der Waals surface area (Å²) in [7, 11) is 0. The van der Waals surface area contributed by atoms with Crippen LogP contribution in [0.5, 0.6) is 0 Å². The second kappa shape index (κ2) is 8.17. The van der Waals surface area contributed by atoms with Crippen LogP contribution in [-0.4, -0.2) is 19.0 Å². The standard InChI is InChI=1S/C18H21FN2O/c1-2-21(17-6-4-3-5-7-17)13-12-18(22)20-14-15-8-10-16(19)11-9-15/h3-11H,2,12-14H2,1H3,(H,20,22).